The highest BCUT2D eigenvalue weighted by Gasteiger charge is 2.50. The van der Waals surface area contributed by atoms with Gasteiger partial charge in [-0.3, -0.25) is 9.59 Å². The second kappa shape index (κ2) is 3.23. The molecule has 80 valence electrons. The van der Waals surface area contributed by atoms with Crippen LogP contribution in [0.1, 0.15) is 6.92 Å². The van der Waals surface area contributed by atoms with Crippen LogP contribution in [0.15, 0.2) is 0 Å². The van der Waals surface area contributed by atoms with E-state index in [9.17, 15) is 18.0 Å². The number of sulfone groups is 1. The van der Waals surface area contributed by atoms with Crippen molar-refractivity contribution in [1.82, 2.24) is 4.90 Å². The summed E-state index contributed by atoms with van der Waals surface area (Å²) in [6, 6.07) is 0. The largest absolute Gasteiger partial charge is 0.480 e. The zero-order valence-electron chi connectivity index (χ0n) is 7.80. The highest BCUT2D eigenvalue weighted by Crippen LogP contribution is 2.29. The van der Waals surface area contributed by atoms with E-state index in [1.165, 1.54) is 6.92 Å². The number of β-lactam (4-membered cyclic amide) rings is 1. The first kappa shape index (κ1) is 11.0. The van der Waals surface area contributed by atoms with Crippen LogP contribution in [0.25, 0.3) is 0 Å². The summed E-state index contributed by atoms with van der Waals surface area (Å²) in [5.74, 6) is -2.27. The van der Waals surface area contributed by atoms with E-state index in [2.05, 4.69) is 0 Å². The van der Waals surface area contributed by atoms with Gasteiger partial charge in [0.2, 0.25) is 5.91 Å². The van der Waals surface area contributed by atoms with Crippen molar-refractivity contribution < 1.29 is 23.1 Å². The van der Waals surface area contributed by atoms with Gasteiger partial charge < -0.3 is 10.0 Å². The lowest BCUT2D eigenvalue weighted by Crippen LogP contribution is -2.63. The fourth-order valence-corrected chi connectivity index (χ4v) is 3.11. The lowest BCUT2D eigenvalue weighted by molar-refractivity contribution is -0.156. The number of hydrogen-bond donors (Lipinski definition) is 1. The first-order valence-electron chi connectivity index (χ1n) is 3.96. The Labute approximate surface area is 81.4 Å². The summed E-state index contributed by atoms with van der Waals surface area (Å²) in [5.41, 5.74) is 0. The van der Waals surface area contributed by atoms with Crippen LogP contribution in [-0.4, -0.2) is 48.5 Å². The quantitative estimate of drug-likeness (QED) is 0.612. The Morgan fingerprint density at radius 2 is 2.07 bits per heavy atom. The van der Waals surface area contributed by atoms with Crippen LogP contribution >= 0.6 is 0 Å². The van der Waals surface area contributed by atoms with Crippen LogP contribution in [-0.2, 0) is 19.4 Å². The Kier molecular flexibility index (Phi) is 2.53. The maximum Gasteiger partial charge on any atom is 0.323 e. The van der Waals surface area contributed by atoms with Gasteiger partial charge in [-0.2, -0.15) is 0 Å². The molecule has 1 amide bonds. The van der Waals surface area contributed by atoms with Crippen molar-refractivity contribution in [2.75, 3.05) is 12.8 Å². The van der Waals surface area contributed by atoms with Gasteiger partial charge in [-0.05, 0) is 0 Å². The maximum atomic E-state index is 11.2. The average Bonchev–Trinajstić information content (AvgIpc) is 1.99. The van der Waals surface area contributed by atoms with Gasteiger partial charge >= 0.3 is 5.97 Å². The van der Waals surface area contributed by atoms with E-state index < -0.39 is 39.6 Å². The summed E-state index contributed by atoms with van der Waals surface area (Å²) in [4.78, 5) is 22.4. The van der Waals surface area contributed by atoms with Crippen LogP contribution in [0.5, 0.6) is 0 Å². The monoisotopic (exact) mass is 221 g/mol. The number of carbonyl (C=O) groups is 2. The number of hydrogen-bond acceptors (Lipinski definition) is 4. The van der Waals surface area contributed by atoms with Crippen molar-refractivity contribution in [3.63, 3.8) is 0 Å². The van der Waals surface area contributed by atoms with E-state index in [4.69, 9.17) is 5.11 Å². The number of carbonyl (C=O) groups excluding carboxylic acids is 1. The van der Waals surface area contributed by atoms with Crippen LogP contribution in [0.2, 0.25) is 0 Å². The highest BCUT2D eigenvalue weighted by molar-refractivity contribution is 7.91. The summed E-state index contributed by atoms with van der Waals surface area (Å²) in [7, 11) is -3.40. The van der Waals surface area contributed by atoms with Gasteiger partial charge in [-0.15, -0.1) is 0 Å². The molecule has 0 unspecified atom stereocenters. The Balaban J connectivity index is 2.86. The summed E-state index contributed by atoms with van der Waals surface area (Å²) in [6.45, 7) is 0.924. The molecule has 0 bridgehead atoms. The van der Waals surface area contributed by atoms with E-state index in [-0.39, 0.29) is 0 Å². The molecular weight excluding hydrogens is 210 g/mol. The molecule has 0 aliphatic carbocycles. The third kappa shape index (κ3) is 1.72. The van der Waals surface area contributed by atoms with Gasteiger partial charge in [0.05, 0.1) is 5.92 Å². The molecule has 0 spiro atoms. The van der Waals surface area contributed by atoms with E-state index in [0.29, 0.717) is 0 Å². The zero-order chi connectivity index (χ0) is 11.1. The molecule has 1 N–H and O–H groups in total. The minimum absolute atomic E-state index is 0.428. The molecule has 0 radical (unpaired) electrons. The second-order valence-electron chi connectivity index (χ2n) is 3.37. The predicted octanol–water partition coefficient (Wildman–Crippen LogP) is -1.08. The zero-order valence-corrected chi connectivity index (χ0v) is 8.61. The number of carboxylic acids is 1. The molecule has 1 saturated heterocycles. The Morgan fingerprint density at radius 1 is 1.57 bits per heavy atom. The molecule has 14 heavy (non-hydrogen) atoms. The Bertz CT molecular complexity index is 374. The molecule has 1 aliphatic rings. The number of nitrogens with zero attached hydrogens (tertiary/aromatic N) is 1. The van der Waals surface area contributed by atoms with E-state index in [0.717, 1.165) is 11.2 Å². The molecule has 0 aromatic heterocycles. The lowest BCUT2D eigenvalue weighted by Gasteiger charge is -2.43. The molecule has 1 fully saturated rings. The molecule has 1 aliphatic heterocycles. The first-order valence-corrected chi connectivity index (χ1v) is 5.91. The first-order chi connectivity index (χ1) is 6.25. The highest BCUT2D eigenvalue weighted by atomic mass is 32.2. The molecule has 0 aromatic rings. The van der Waals surface area contributed by atoms with Crippen LogP contribution in [0.3, 0.4) is 0 Å². The number of carboxylic acid groups (broad SMARTS) is 1. The van der Waals surface area contributed by atoms with E-state index in [1.54, 1.807) is 0 Å². The second-order valence-corrected chi connectivity index (χ2v) is 5.51. The van der Waals surface area contributed by atoms with Crippen molar-refractivity contribution in [2.24, 2.45) is 5.92 Å². The summed E-state index contributed by atoms with van der Waals surface area (Å²) in [5, 5.41) is 7.47. The fraction of sp³-hybridized carbons (Fsp3) is 0.714. The number of aliphatic carboxylic acids is 1. The van der Waals surface area contributed by atoms with Crippen LogP contribution in [0, 0.1) is 5.92 Å². The van der Waals surface area contributed by atoms with Crippen LogP contribution in [0.4, 0.5) is 0 Å². The maximum absolute atomic E-state index is 11.2. The van der Waals surface area contributed by atoms with Gasteiger partial charge in [-0.1, -0.05) is 6.92 Å². The Hall–Kier alpha value is -1.11. The normalized spacial score (nSPS) is 27.3. The van der Waals surface area contributed by atoms with Gasteiger partial charge in [0, 0.05) is 6.26 Å². The van der Waals surface area contributed by atoms with Crippen molar-refractivity contribution in [3.05, 3.63) is 0 Å². The van der Waals surface area contributed by atoms with Gasteiger partial charge in [0.25, 0.3) is 0 Å². The summed E-state index contributed by atoms with van der Waals surface area (Å²) < 4.78 is 22.3. The molecule has 1 rings (SSSR count). The molecule has 7 heteroatoms. The standard InChI is InChI=1S/C7H11NO5S/c1-4-6(11)8(3-5(9)10)7(4)14(2,12)13/h4,7H,3H2,1-2H3,(H,9,10)/t4-,7+/m1/s1. The molecular formula is C7H11NO5S. The summed E-state index contributed by atoms with van der Waals surface area (Å²) >= 11 is 0. The molecule has 0 aromatic carbocycles. The molecule has 0 saturated carbocycles. The van der Waals surface area contributed by atoms with Crippen molar-refractivity contribution in [1.29, 1.82) is 0 Å². The van der Waals surface area contributed by atoms with Gasteiger partial charge in [-0.25, -0.2) is 8.42 Å². The average molecular weight is 221 g/mol. The third-order valence-electron chi connectivity index (χ3n) is 2.15. The number of amides is 1. The van der Waals surface area contributed by atoms with E-state index >= 15 is 0 Å². The number of likely N-dealkylation sites (tertiary alicyclic amines) is 1. The van der Waals surface area contributed by atoms with Gasteiger partial charge in [0.15, 0.2) is 9.84 Å². The van der Waals surface area contributed by atoms with Crippen molar-refractivity contribution >= 4 is 21.7 Å². The topological polar surface area (TPSA) is 91.8 Å². The number of rotatable bonds is 3. The molecule has 2 atom stereocenters. The third-order valence-corrected chi connectivity index (χ3v) is 3.69. The van der Waals surface area contributed by atoms with Gasteiger partial charge in [0.1, 0.15) is 11.9 Å². The Morgan fingerprint density at radius 3 is 2.43 bits per heavy atom. The fourth-order valence-electron chi connectivity index (χ4n) is 1.61. The van der Waals surface area contributed by atoms with Crippen molar-refractivity contribution in [3.8, 4) is 0 Å². The minimum Gasteiger partial charge on any atom is -0.480 e. The summed E-state index contributed by atoms with van der Waals surface area (Å²) in [6.07, 6.45) is 0.995. The smallest absolute Gasteiger partial charge is 0.323 e. The van der Waals surface area contributed by atoms with E-state index in [1.807, 2.05) is 0 Å². The van der Waals surface area contributed by atoms with Crippen molar-refractivity contribution in [2.45, 2.75) is 12.3 Å². The SMILES string of the molecule is C[C@@H]1C(=O)N(CC(=O)O)[C@H]1S(C)(=O)=O. The predicted molar refractivity (Wildman–Crippen MR) is 47.1 cm³/mol. The lowest BCUT2D eigenvalue weighted by atomic mass is 10.0. The minimum atomic E-state index is -3.40. The van der Waals surface area contributed by atoms with Crippen LogP contribution < -0.4 is 0 Å². The molecule has 6 nitrogen and oxygen atoms in total. The molecule has 1 heterocycles.